The third-order valence-electron chi connectivity index (χ3n) is 1.67. The monoisotopic (exact) mass is 281 g/mol. The number of carbonyl (C=O) groups is 1. The lowest BCUT2D eigenvalue weighted by Gasteiger charge is -2.07. The van der Waals surface area contributed by atoms with Crippen LogP contribution in [-0.4, -0.2) is 21.2 Å². The fourth-order valence-corrected chi connectivity index (χ4v) is 1.37. The van der Waals surface area contributed by atoms with Crippen LogP contribution in [0.2, 0.25) is 0 Å². The van der Waals surface area contributed by atoms with Crippen molar-refractivity contribution in [2.75, 3.05) is 0 Å². The first-order valence-electron chi connectivity index (χ1n) is 3.77. The van der Waals surface area contributed by atoms with E-state index in [1.807, 2.05) is 0 Å². The van der Waals surface area contributed by atoms with Crippen molar-refractivity contribution >= 4 is 21.9 Å². The molecule has 2 N–H and O–H groups in total. The maximum atomic E-state index is 12.3. The summed E-state index contributed by atoms with van der Waals surface area (Å²) in [4.78, 5) is 14.0. The predicted octanol–water partition coefficient (Wildman–Crippen LogP) is 2.32. The van der Waals surface area contributed by atoms with Crippen molar-refractivity contribution in [3.63, 3.8) is 0 Å². The number of halogens is 3. The van der Waals surface area contributed by atoms with E-state index < -0.39 is 29.4 Å². The largest absolute Gasteiger partial charge is 0.505 e. The zero-order chi connectivity index (χ0) is 11.6. The van der Waals surface area contributed by atoms with Gasteiger partial charge in [0.25, 0.3) is 6.43 Å². The Morgan fingerprint density at radius 1 is 1.60 bits per heavy atom. The first-order valence-corrected chi connectivity index (χ1v) is 4.89. The minimum atomic E-state index is -2.87. The van der Waals surface area contributed by atoms with Gasteiger partial charge in [0, 0.05) is 5.33 Å². The molecular weight excluding hydrogens is 276 g/mol. The number of hydrogen-bond donors (Lipinski definition) is 2. The first kappa shape index (κ1) is 11.8. The molecule has 82 valence electrons. The topological polar surface area (TPSA) is 70.4 Å². The Morgan fingerprint density at radius 2 is 2.20 bits per heavy atom. The molecule has 0 saturated carbocycles. The molecule has 1 heterocycles. The molecule has 0 aliphatic rings. The Bertz CT molecular complexity index is 398. The summed E-state index contributed by atoms with van der Waals surface area (Å²) in [6.07, 6.45) is -2.87. The van der Waals surface area contributed by atoms with Gasteiger partial charge in [0.15, 0.2) is 5.75 Å². The average Bonchev–Trinajstić information content (AvgIpc) is 2.17. The molecule has 1 aromatic heterocycles. The Kier molecular flexibility index (Phi) is 3.57. The SMILES string of the molecule is O=C(O)c1cc(C(F)F)nc(CBr)c1O. The standard InChI is InChI=1S/C8H6BrF2NO3/c9-2-5-6(13)3(8(14)15)1-4(12-5)7(10)11/h1,7,13H,2H2,(H,14,15). The fourth-order valence-electron chi connectivity index (χ4n) is 0.981. The molecule has 0 spiro atoms. The number of alkyl halides is 3. The van der Waals surface area contributed by atoms with Crippen molar-refractivity contribution < 1.29 is 23.8 Å². The van der Waals surface area contributed by atoms with Gasteiger partial charge in [0.2, 0.25) is 0 Å². The molecule has 0 amide bonds. The molecule has 0 aliphatic carbocycles. The number of aromatic nitrogens is 1. The van der Waals surface area contributed by atoms with E-state index in [0.717, 1.165) is 0 Å². The average molecular weight is 282 g/mol. The van der Waals surface area contributed by atoms with E-state index in [0.29, 0.717) is 6.07 Å². The summed E-state index contributed by atoms with van der Waals surface area (Å²) in [7, 11) is 0. The van der Waals surface area contributed by atoms with Crippen molar-refractivity contribution in [2.24, 2.45) is 0 Å². The van der Waals surface area contributed by atoms with Gasteiger partial charge >= 0.3 is 5.97 Å². The summed E-state index contributed by atoms with van der Waals surface area (Å²) in [6, 6.07) is 0.661. The lowest BCUT2D eigenvalue weighted by Crippen LogP contribution is -2.04. The van der Waals surface area contributed by atoms with Gasteiger partial charge in [-0.05, 0) is 6.07 Å². The van der Waals surface area contributed by atoms with E-state index in [1.165, 1.54) is 0 Å². The minimum absolute atomic E-state index is 0.000324. The van der Waals surface area contributed by atoms with Crippen LogP contribution in [-0.2, 0) is 5.33 Å². The summed E-state index contributed by atoms with van der Waals surface area (Å²) in [5, 5.41) is 18.0. The molecule has 15 heavy (non-hydrogen) atoms. The van der Waals surface area contributed by atoms with Crippen LogP contribution < -0.4 is 0 Å². The number of pyridine rings is 1. The number of hydrogen-bond acceptors (Lipinski definition) is 3. The molecular formula is C8H6BrF2NO3. The van der Waals surface area contributed by atoms with E-state index in [9.17, 15) is 18.7 Å². The Labute approximate surface area is 91.7 Å². The molecule has 0 radical (unpaired) electrons. The smallest absolute Gasteiger partial charge is 0.339 e. The molecule has 0 unspecified atom stereocenters. The van der Waals surface area contributed by atoms with Gasteiger partial charge in [0.05, 0.1) is 5.69 Å². The van der Waals surface area contributed by atoms with Gasteiger partial charge in [-0.25, -0.2) is 18.6 Å². The number of nitrogens with zero attached hydrogens (tertiary/aromatic N) is 1. The quantitative estimate of drug-likeness (QED) is 0.835. The summed E-state index contributed by atoms with van der Waals surface area (Å²) in [5.74, 6) is -2.07. The molecule has 0 bridgehead atoms. The highest BCUT2D eigenvalue weighted by atomic mass is 79.9. The van der Waals surface area contributed by atoms with Crippen LogP contribution >= 0.6 is 15.9 Å². The third kappa shape index (κ3) is 2.41. The van der Waals surface area contributed by atoms with E-state index in [2.05, 4.69) is 20.9 Å². The number of aromatic hydroxyl groups is 1. The van der Waals surface area contributed by atoms with Crippen molar-refractivity contribution in [2.45, 2.75) is 11.8 Å². The van der Waals surface area contributed by atoms with Gasteiger partial charge in [-0.15, -0.1) is 0 Å². The van der Waals surface area contributed by atoms with Crippen molar-refractivity contribution in [1.29, 1.82) is 0 Å². The van der Waals surface area contributed by atoms with E-state index >= 15 is 0 Å². The summed E-state index contributed by atoms with van der Waals surface area (Å²) in [6.45, 7) is 0. The van der Waals surface area contributed by atoms with Crippen LogP contribution in [0, 0.1) is 0 Å². The van der Waals surface area contributed by atoms with E-state index in [-0.39, 0.29) is 11.0 Å². The zero-order valence-corrected chi connectivity index (χ0v) is 8.83. The lowest BCUT2D eigenvalue weighted by atomic mass is 10.1. The highest BCUT2D eigenvalue weighted by Gasteiger charge is 2.20. The number of aromatic carboxylic acids is 1. The maximum Gasteiger partial charge on any atom is 0.339 e. The normalized spacial score (nSPS) is 10.7. The second-order valence-corrected chi connectivity index (χ2v) is 3.19. The highest BCUT2D eigenvalue weighted by Crippen LogP contribution is 2.27. The van der Waals surface area contributed by atoms with Crippen LogP contribution in [0.15, 0.2) is 6.07 Å². The minimum Gasteiger partial charge on any atom is -0.505 e. The molecule has 0 fully saturated rings. The van der Waals surface area contributed by atoms with Gasteiger partial charge < -0.3 is 10.2 Å². The van der Waals surface area contributed by atoms with Crippen LogP contribution in [0.4, 0.5) is 8.78 Å². The van der Waals surface area contributed by atoms with Crippen molar-refractivity contribution in [1.82, 2.24) is 4.98 Å². The van der Waals surface area contributed by atoms with Crippen molar-refractivity contribution in [3.8, 4) is 5.75 Å². The first-order chi connectivity index (χ1) is 6.97. The fraction of sp³-hybridized carbons (Fsp3) is 0.250. The molecule has 7 heteroatoms. The lowest BCUT2D eigenvalue weighted by molar-refractivity contribution is 0.0692. The number of carboxylic acid groups (broad SMARTS) is 1. The van der Waals surface area contributed by atoms with Crippen LogP contribution in [0.25, 0.3) is 0 Å². The van der Waals surface area contributed by atoms with Gasteiger partial charge in [0.1, 0.15) is 11.3 Å². The van der Waals surface area contributed by atoms with Gasteiger partial charge in [-0.1, -0.05) is 15.9 Å². The van der Waals surface area contributed by atoms with Gasteiger partial charge in [-0.3, -0.25) is 0 Å². The van der Waals surface area contributed by atoms with Crippen molar-refractivity contribution in [3.05, 3.63) is 23.0 Å². The van der Waals surface area contributed by atoms with E-state index in [1.54, 1.807) is 0 Å². The van der Waals surface area contributed by atoms with Crippen LogP contribution in [0.3, 0.4) is 0 Å². The zero-order valence-electron chi connectivity index (χ0n) is 7.25. The van der Waals surface area contributed by atoms with Crippen LogP contribution in [0.1, 0.15) is 28.2 Å². The highest BCUT2D eigenvalue weighted by molar-refractivity contribution is 9.08. The number of carboxylic acids is 1. The predicted molar refractivity (Wildman–Crippen MR) is 50.4 cm³/mol. The molecule has 4 nitrogen and oxygen atoms in total. The Balaban J connectivity index is 3.38. The summed E-state index contributed by atoms with van der Waals surface area (Å²) < 4.78 is 24.6. The second-order valence-electron chi connectivity index (χ2n) is 2.63. The Hall–Kier alpha value is -1.24. The maximum absolute atomic E-state index is 12.3. The molecule has 0 aliphatic heterocycles. The second kappa shape index (κ2) is 4.52. The molecule has 0 saturated heterocycles. The molecule has 1 aromatic rings. The van der Waals surface area contributed by atoms with E-state index in [4.69, 9.17) is 5.11 Å². The summed E-state index contributed by atoms with van der Waals surface area (Å²) in [5.41, 5.74) is -1.36. The molecule has 0 atom stereocenters. The van der Waals surface area contributed by atoms with Gasteiger partial charge in [-0.2, -0.15) is 0 Å². The summed E-state index contributed by atoms with van der Waals surface area (Å²) >= 11 is 2.91. The Morgan fingerprint density at radius 3 is 2.60 bits per heavy atom. The molecule has 0 aromatic carbocycles. The molecule has 1 rings (SSSR count). The third-order valence-corrected chi connectivity index (χ3v) is 2.20. The van der Waals surface area contributed by atoms with Crippen LogP contribution in [0.5, 0.6) is 5.75 Å². The number of rotatable bonds is 3.